The first kappa shape index (κ1) is 31.4. The number of benzene rings is 2. The van der Waals surface area contributed by atoms with E-state index in [1.807, 2.05) is 91.4 Å². The molecule has 2 aromatic rings. The molecule has 0 aromatic heterocycles. The van der Waals surface area contributed by atoms with Gasteiger partial charge in [0.2, 0.25) is 0 Å². The van der Waals surface area contributed by atoms with Crippen molar-refractivity contribution in [2.24, 2.45) is 0 Å². The largest absolute Gasteiger partial charge is 0.800 e. The third-order valence-electron chi connectivity index (χ3n) is 5.41. The van der Waals surface area contributed by atoms with Gasteiger partial charge in [-0.3, -0.25) is 9.59 Å². The zero-order chi connectivity index (χ0) is 25.1. The second-order valence-electron chi connectivity index (χ2n) is 8.44. The predicted octanol–water partition coefficient (Wildman–Crippen LogP) is 2.44. The van der Waals surface area contributed by atoms with E-state index < -0.39 is 4.71 Å². The van der Waals surface area contributed by atoms with Gasteiger partial charge in [-0.15, -0.1) is 0 Å². The van der Waals surface area contributed by atoms with Crippen LogP contribution in [0.5, 0.6) is 0 Å². The van der Waals surface area contributed by atoms with Crippen molar-refractivity contribution in [1.29, 1.82) is 0 Å². The fourth-order valence-electron chi connectivity index (χ4n) is 3.32. The fraction of sp³-hybridized carbons (Fsp3) is 0.440. The van der Waals surface area contributed by atoms with Crippen molar-refractivity contribution < 1.29 is 32.0 Å². The molecule has 197 valence electrons. The molecule has 2 N–H and O–H groups in total. The molecule has 35 heavy (non-hydrogen) atoms. The predicted molar refractivity (Wildman–Crippen MR) is 146 cm³/mol. The summed E-state index contributed by atoms with van der Waals surface area (Å²) >= 11 is 10.6. The van der Waals surface area contributed by atoms with Crippen LogP contribution < -0.4 is 20.4 Å². The molecule has 0 aliphatic rings. The summed E-state index contributed by atoms with van der Waals surface area (Å²) in [7, 11) is 7.85. The molecule has 10 heteroatoms. The number of nitrogens with zero attached hydrogens (tertiary/aromatic N) is 3. The van der Waals surface area contributed by atoms with Crippen LogP contribution in [0.2, 0.25) is 0 Å². The van der Waals surface area contributed by atoms with Gasteiger partial charge in [-0.05, 0) is 74.5 Å². The van der Waals surface area contributed by atoms with E-state index in [0.29, 0.717) is 37.3 Å². The Morgan fingerprint density at radius 1 is 0.714 bits per heavy atom. The molecular formula is C25H35AuN5O2S2-2. The number of anilines is 2. The minimum absolute atomic E-state index is 0. The Labute approximate surface area is 236 Å². The van der Waals surface area contributed by atoms with Gasteiger partial charge in [0, 0.05) is 86.2 Å². The van der Waals surface area contributed by atoms with Crippen molar-refractivity contribution in [3.05, 3.63) is 59.7 Å². The van der Waals surface area contributed by atoms with Crippen LogP contribution in [0.25, 0.3) is 0 Å². The average molecular weight is 699 g/mol. The van der Waals surface area contributed by atoms with Crippen LogP contribution in [0.3, 0.4) is 0 Å². The molecule has 0 heterocycles. The van der Waals surface area contributed by atoms with Crippen LogP contribution in [-0.2, 0) is 47.6 Å². The summed E-state index contributed by atoms with van der Waals surface area (Å²) in [4.78, 5) is 30.6. The third-order valence-corrected chi connectivity index (χ3v) is 6.00. The Hall–Kier alpha value is -1.62. The molecule has 0 fully saturated rings. The van der Waals surface area contributed by atoms with Gasteiger partial charge >= 0.3 is 0 Å². The van der Waals surface area contributed by atoms with Gasteiger partial charge in [-0.25, -0.2) is 4.71 Å². The third kappa shape index (κ3) is 10.9. The Kier molecular flexibility index (Phi) is 14.5. The fourth-order valence-corrected chi connectivity index (χ4v) is 3.74. The second kappa shape index (κ2) is 16.2. The molecule has 0 aliphatic heterocycles. The van der Waals surface area contributed by atoms with Gasteiger partial charge in [-0.1, -0.05) is 0 Å². The smallest absolute Gasteiger partial charge is 0.251 e. The summed E-state index contributed by atoms with van der Waals surface area (Å²) in [5.74, 6) is -0.182. The number of carbonyl (C=O) groups is 2. The first-order chi connectivity index (χ1) is 16.2. The SMILES string of the molecule is CN(C)c1ccc(C(=O)NCCCN(CCCNC(=O)c2ccc(N(C)C)cc2)C([S-])[S-])cc1.[Au]. The maximum Gasteiger partial charge on any atom is 0.251 e. The number of amides is 2. The van der Waals surface area contributed by atoms with Gasteiger partial charge < -0.3 is 50.6 Å². The molecule has 0 unspecified atom stereocenters. The van der Waals surface area contributed by atoms with Crippen molar-refractivity contribution in [3.63, 3.8) is 0 Å². The van der Waals surface area contributed by atoms with Gasteiger partial charge in [0.05, 0.1) is 0 Å². The molecule has 0 aliphatic carbocycles. The maximum atomic E-state index is 12.3. The summed E-state index contributed by atoms with van der Waals surface area (Å²) < 4.78 is -0.427. The number of hydrogen-bond acceptors (Lipinski definition) is 7. The summed E-state index contributed by atoms with van der Waals surface area (Å²) in [6.07, 6.45) is 1.49. The van der Waals surface area contributed by atoms with Gasteiger partial charge in [0.15, 0.2) is 0 Å². The summed E-state index contributed by atoms with van der Waals surface area (Å²) in [6.45, 7) is 2.47. The second-order valence-corrected chi connectivity index (χ2v) is 9.64. The quantitative estimate of drug-likeness (QED) is 0.190. The molecular weight excluding hydrogens is 663 g/mol. The molecule has 7 nitrogen and oxygen atoms in total. The molecule has 2 amide bonds. The normalized spacial score (nSPS) is 10.6. The minimum atomic E-state index is -0.427. The van der Waals surface area contributed by atoms with Crippen LogP contribution in [0.4, 0.5) is 11.4 Å². The van der Waals surface area contributed by atoms with Crippen molar-refractivity contribution in [1.82, 2.24) is 15.5 Å². The number of carbonyl (C=O) groups excluding carboxylic acids is 2. The van der Waals surface area contributed by atoms with Gasteiger partial charge in [-0.2, -0.15) is 0 Å². The van der Waals surface area contributed by atoms with E-state index in [9.17, 15) is 9.59 Å². The standard InChI is InChI=1S/C25H37N5O2S2.Au/c1-28(2)21-11-7-19(8-12-21)23(31)26-15-5-17-30(25(33)34)18-6-16-27-24(32)20-9-13-22(14-10-20)29(3)4;/h7-14,25,33-34H,5-6,15-18H2,1-4H3,(H,26,31)(H,27,32);/p-2. The van der Waals surface area contributed by atoms with Crippen molar-refractivity contribution >= 4 is 48.4 Å². The van der Waals surface area contributed by atoms with Gasteiger partial charge in [0.1, 0.15) is 0 Å². The maximum absolute atomic E-state index is 12.3. The Balaban J connectivity index is 0.00000612. The molecule has 0 spiro atoms. The molecule has 0 atom stereocenters. The van der Waals surface area contributed by atoms with Crippen molar-refractivity contribution in [3.8, 4) is 0 Å². The number of nitrogens with one attached hydrogen (secondary N) is 2. The van der Waals surface area contributed by atoms with E-state index in [1.54, 1.807) is 0 Å². The van der Waals surface area contributed by atoms with E-state index in [4.69, 9.17) is 25.3 Å². The van der Waals surface area contributed by atoms with E-state index >= 15 is 0 Å². The summed E-state index contributed by atoms with van der Waals surface area (Å²) in [6, 6.07) is 15.0. The van der Waals surface area contributed by atoms with Crippen LogP contribution in [-0.4, -0.2) is 75.8 Å². The summed E-state index contributed by atoms with van der Waals surface area (Å²) in [5.41, 5.74) is 3.37. The molecule has 0 saturated carbocycles. The zero-order valence-corrected chi connectivity index (χ0v) is 24.5. The van der Waals surface area contributed by atoms with E-state index in [1.165, 1.54) is 0 Å². The molecule has 2 aromatic carbocycles. The summed E-state index contributed by atoms with van der Waals surface area (Å²) in [5, 5.41) is 5.89. The van der Waals surface area contributed by atoms with Crippen LogP contribution in [0.1, 0.15) is 33.6 Å². The monoisotopic (exact) mass is 698 g/mol. The molecule has 2 rings (SSSR count). The molecule has 1 radical (unpaired) electrons. The molecule has 0 saturated heterocycles. The van der Waals surface area contributed by atoms with E-state index in [0.717, 1.165) is 24.2 Å². The number of rotatable bonds is 13. The minimum Gasteiger partial charge on any atom is -0.800 e. The van der Waals surface area contributed by atoms with Gasteiger partial charge in [0.25, 0.3) is 11.8 Å². The van der Waals surface area contributed by atoms with Crippen LogP contribution in [0, 0.1) is 0 Å². The Bertz CT molecular complexity index is 838. The van der Waals surface area contributed by atoms with Crippen LogP contribution in [0.15, 0.2) is 48.5 Å². The van der Waals surface area contributed by atoms with Crippen LogP contribution >= 0.6 is 0 Å². The first-order valence-electron chi connectivity index (χ1n) is 11.4. The van der Waals surface area contributed by atoms with Crippen molar-refractivity contribution in [2.75, 3.05) is 64.2 Å². The first-order valence-corrected chi connectivity index (χ1v) is 12.3. The molecule has 0 bridgehead atoms. The Morgan fingerprint density at radius 2 is 1.06 bits per heavy atom. The average Bonchev–Trinajstić information content (AvgIpc) is 2.82. The van der Waals surface area contributed by atoms with E-state index in [-0.39, 0.29) is 34.2 Å². The topological polar surface area (TPSA) is 67.9 Å². The van der Waals surface area contributed by atoms with E-state index in [2.05, 4.69) is 10.6 Å². The Morgan fingerprint density at radius 3 is 1.34 bits per heavy atom. The number of hydrogen-bond donors (Lipinski definition) is 2. The zero-order valence-electron chi connectivity index (χ0n) is 20.7. The van der Waals surface area contributed by atoms with Crippen molar-refractivity contribution in [2.45, 2.75) is 17.5 Å².